The highest BCUT2D eigenvalue weighted by Gasteiger charge is 2.40. The van der Waals surface area contributed by atoms with Crippen LogP contribution < -0.4 is 15.4 Å². The number of piperazine rings is 1. The zero-order valence-corrected chi connectivity index (χ0v) is 19.5. The molecule has 0 radical (unpaired) electrons. The molecule has 1 N–H and O–H groups in total. The number of carbonyl (C=O) groups excluding carboxylic acids is 1. The third kappa shape index (κ3) is 5.59. The summed E-state index contributed by atoms with van der Waals surface area (Å²) in [7, 11) is 0. The van der Waals surface area contributed by atoms with Crippen LogP contribution in [0.15, 0.2) is 29.3 Å². The lowest BCUT2D eigenvalue weighted by Gasteiger charge is -2.35. The molecule has 2 aromatic heterocycles. The molecule has 10 nitrogen and oxygen atoms in total. The van der Waals surface area contributed by atoms with E-state index < -0.39 is 17.3 Å². The zero-order chi connectivity index (χ0) is 25.7. The van der Waals surface area contributed by atoms with Crippen molar-refractivity contribution < 1.29 is 22.7 Å². The molecule has 4 rings (SSSR count). The van der Waals surface area contributed by atoms with E-state index in [9.17, 15) is 28.0 Å². The van der Waals surface area contributed by atoms with E-state index in [4.69, 9.17) is 4.74 Å². The van der Waals surface area contributed by atoms with E-state index >= 15 is 0 Å². The molecule has 0 spiro atoms. The summed E-state index contributed by atoms with van der Waals surface area (Å²) in [5.74, 6) is 0.540. The van der Waals surface area contributed by atoms with Crippen molar-refractivity contribution in [2.75, 3.05) is 55.7 Å². The molecule has 1 amide bonds. The molecule has 0 aliphatic carbocycles. The Kier molecular flexibility index (Phi) is 7.73. The summed E-state index contributed by atoms with van der Waals surface area (Å²) < 4.78 is 46.0. The number of nitrogens with one attached hydrogen (secondary N) is 1. The third-order valence-electron chi connectivity index (χ3n) is 6.42. The molecule has 0 aromatic carbocycles. The molecule has 192 valence electrons. The second-order valence-electron chi connectivity index (χ2n) is 8.63. The lowest BCUT2D eigenvalue weighted by molar-refractivity contribution is -0.138. The minimum absolute atomic E-state index is 0.0717. The number of pyridine rings is 1. The molecular weight excluding hydrogens is 479 g/mol. The SMILES string of the molecule is N#Cc1cccnc1N1CCN(C(=O)CCOC[C@@H]2CCCN2c2cn[nH]c(=O)c2C(F)(F)F)CC1. The van der Waals surface area contributed by atoms with Crippen molar-refractivity contribution in [1.82, 2.24) is 20.1 Å². The topological polar surface area (TPSA) is 118 Å². The fourth-order valence-corrected chi connectivity index (χ4v) is 4.65. The Balaban J connectivity index is 1.26. The molecule has 1 atom stereocenters. The summed E-state index contributed by atoms with van der Waals surface area (Å²) in [4.78, 5) is 33.9. The minimum atomic E-state index is -4.80. The standard InChI is InChI=1S/C23H26F3N7O3/c24-23(25,26)20-18(14-29-30-22(20)35)33-7-2-4-17(33)15-36-12-5-19(34)31-8-10-32(11-9-31)21-16(13-27)3-1-6-28-21/h1,3,6,14,17H,2,4-5,7-12,15H2,(H,30,35)/t17-/m0/s1. The van der Waals surface area contributed by atoms with Gasteiger partial charge in [-0.25, -0.2) is 10.1 Å². The Hall–Kier alpha value is -3.66. The largest absolute Gasteiger partial charge is 0.423 e. The molecular formula is C23H26F3N7O3. The highest BCUT2D eigenvalue weighted by molar-refractivity contribution is 5.76. The van der Waals surface area contributed by atoms with Gasteiger partial charge in [-0.1, -0.05) is 0 Å². The van der Waals surface area contributed by atoms with E-state index in [1.165, 1.54) is 4.90 Å². The first-order valence-corrected chi connectivity index (χ1v) is 11.7. The van der Waals surface area contributed by atoms with Gasteiger partial charge in [0.2, 0.25) is 5.91 Å². The number of H-pyrrole nitrogens is 1. The highest BCUT2D eigenvalue weighted by atomic mass is 19.4. The van der Waals surface area contributed by atoms with Crippen LogP contribution >= 0.6 is 0 Å². The van der Waals surface area contributed by atoms with Crippen LogP contribution in [0.5, 0.6) is 0 Å². The Morgan fingerprint density at radius 1 is 1.25 bits per heavy atom. The normalized spacial score (nSPS) is 18.4. The zero-order valence-electron chi connectivity index (χ0n) is 19.5. The van der Waals surface area contributed by atoms with Gasteiger partial charge in [0.05, 0.1) is 43.1 Å². The van der Waals surface area contributed by atoms with Crippen LogP contribution in [0.1, 0.15) is 30.4 Å². The quantitative estimate of drug-likeness (QED) is 0.566. The van der Waals surface area contributed by atoms with Crippen LogP contribution in [-0.2, 0) is 15.7 Å². The molecule has 0 saturated carbocycles. The number of aromatic nitrogens is 3. The van der Waals surface area contributed by atoms with Gasteiger partial charge in [-0.15, -0.1) is 0 Å². The van der Waals surface area contributed by atoms with Gasteiger partial charge in [0.25, 0.3) is 5.56 Å². The van der Waals surface area contributed by atoms with Gasteiger partial charge in [-0.05, 0) is 25.0 Å². The van der Waals surface area contributed by atoms with E-state index in [2.05, 4.69) is 16.2 Å². The van der Waals surface area contributed by atoms with Gasteiger partial charge < -0.3 is 19.4 Å². The highest BCUT2D eigenvalue weighted by Crippen LogP contribution is 2.36. The van der Waals surface area contributed by atoms with Gasteiger partial charge >= 0.3 is 6.18 Å². The number of hydrogen-bond acceptors (Lipinski definition) is 8. The lowest BCUT2D eigenvalue weighted by Crippen LogP contribution is -2.49. The van der Waals surface area contributed by atoms with Crippen LogP contribution in [0.2, 0.25) is 0 Å². The number of hydrogen-bond donors (Lipinski definition) is 1. The van der Waals surface area contributed by atoms with E-state index in [0.717, 1.165) is 6.20 Å². The molecule has 0 unspecified atom stereocenters. The number of aromatic amines is 1. The van der Waals surface area contributed by atoms with Crippen molar-refractivity contribution >= 4 is 17.4 Å². The first kappa shape index (κ1) is 25.4. The van der Waals surface area contributed by atoms with Crippen LogP contribution in [-0.4, -0.2) is 78.0 Å². The molecule has 2 aliphatic heterocycles. The Bertz CT molecular complexity index is 1170. The molecule has 2 saturated heterocycles. The maximum absolute atomic E-state index is 13.5. The van der Waals surface area contributed by atoms with Crippen molar-refractivity contribution in [3.63, 3.8) is 0 Å². The molecule has 4 heterocycles. The number of alkyl halides is 3. The monoisotopic (exact) mass is 505 g/mol. The fourth-order valence-electron chi connectivity index (χ4n) is 4.65. The van der Waals surface area contributed by atoms with Crippen LogP contribution in [0.3, 0.4) is 0 Å². The van der Waals surface area contributed by atoms with Crippen molar-refractivity contribution in [2.45, 2.75) is 31.5 Å². The van der Waals surface area contributed by atoms with E-state index in [-0.39, 0.29) is 37.3 Å². The number of rotatable bonds is 7. The summed E-state index contributed by atoms with van der Waals surface area (Å²) in [6.45, 7) is 2.74. The maximum Gasteiger partial charge on any atom is 0.423 e. The van der Waals surface area contributed by atoms with Crippen molar-refractivity contribution in [2.24, 2.45) is 0 Å². The minimum Gasteiger partial charge on any atom is -0.379 e. The number of nitrogens with zero attached hydrogens (tertiary/aromatic N) is 6. The van der Waals surface area contributed by atoms with Crippen LogP contribution in [0.25, 0.3) is 0 Å². The smallest absolute Gasteiger partial charge is 0.379 e. The number of carbonyl (C=O) groups is 1. The number of ether oxygens (including phenoxy) is 1. The maximum atomic E-state index is 13.5. The van der Waals surface area contributed by atoms with E-state index in [1.807, 2.05) is 10.00 Å². The number of anilines is 2. The van der Waals surface area contributed by atoms with Gasteiger partial charge in [-0.3, -0.25) is 9.59 Å². The summed E-state index contributed by atoms with van der Waals surface area (Å²) >= 11 is 0. The van der Waals surface area contributed by atoms with Crippen LogP contribution in [0.4, 0.5) is 24.7 Å². The Labute approximate surface area is 205 Å². The molecule has 13 heteroatoms. The first-order valence-electron chi connectivity index (χ1n) is 11.7. The third-order valence-corrected chi connectivity index (χ3v) is 6.42. The van der Waals surface area contributed by atoms with E-state index in [1.54, 1.807) is 23.2 Å². The van der Waals surface area contributed by atoms with Crippen molar-refractivity contribution in [3.05, 3.63) is 46.0 Å². The summed E-state index contributed by atoms with van der Waals surface area (Å²) in [6.07, 6.45) is -0.727. The van der Waals surface area contributed by atoms with Gasteiger partial charge in [0.1, 0.15) is 17.5 Å². The number of amides is 1. The Morgan fingerprint density at radius 2 is 2.03 bits per heavy atom. The Morgan fingerprint density at radius 3 is 2.75 bits per heavy atom. The number of nitriles is 1. The predicted molar refractivity (Wildman–Crippen MR) is 123 cm³/mol. The molecule has 2 aliphatic rings. The molecule has 2 aromatic rings. The predicted octanol–water partition coefficient (Wildman–Crippen LogP) is 1.78. The summed E-state index contributed by atoms with van der Waals surface area (Å²) in [5, 5.41) is 14.7. The fraction of sp³-hybridized carbons (Fsp3) is 0.522. The van der Waals surface area contributed by atoms with Gasteiger partial charge in [-0.2, -0.15) is 23.5 Å². The second kappa shape index (κ2) is 10.9. The summed E-state index contributed by atoms with van der Waals surface area (Å²) in [6, 6.07) is 5.20. The van der Waals surface area contributed by atoms with E-state index in [0.29, 0.717) is 56.9 Å². The first-order chi connectivity index (χ1) is 17.3. The van der Waals surface area contributed by atoms with Gasteiger partial charge in [0.15, 0.2) is 0 Å². The molecule has 2 fully saturated rings. The summed E-state index contributed by atoms with van der Waals surface area (Å²) in [5.41, 5.74) is -2.29. The number of halogens is 3. The van der Waals surface area contributed by atoms with Crippen LogP contribution in [0, 0.1) is 11.3 Å². The van der Waals surface area contributed by atoms with Gasteiger partial charge in [0, 0.05) is 38.9 Å². The van der Waals surface area contributed by atoms with Crippen molar-refractivity contribution in [1.29, 1.82) is 5.26 Å². The lowest BCUT2D eigenvalue weighted by atomic mass is 10.2. The molecule has 36 heavy (non-hydrogen) atoms. The second-order valence-corrected chi connectivity index (χ2v) is 8.63. The molecule has 0 bridgehead atoms. The van der Waals surface area contributed by atoms with Crippen molar-refractivity contribution in [3.8, 4) is 6.07 Å². The average molecular weight is 506 g/mol. The average Bonchev–Trinajstić information content (AvgIpc) is 3.34.